The third-order valence-corrected chi connectivity index (χ3v) is 2.84. The van der Waals surface area contributed by atoms with Gasteiger partial charge in [0.25, 0.3) is 0 Å². The summed E-state index contributed by atoms with van der Waals surface area (Å²) < 4.78 is 0. The quantitative estimate of drug-likeness (QED) is 0.700. The molecular formula is C18H18Zr. The first-order chi connectivity index (χ1) is 8.84. The monoisotopic (exact) mass is 324 g/mol. The summed E-state index contributed by atoms with van der Waals surface area (Å²) in [6.07, 6.45) is 19.6. The Balaban J connectivity index is 0.000000198. The third kappa shape index (κ3) is 6.07. The molecule has 94 valence electrons. The zero-order valence-corrected chi connectivity index (χ0v) is 13.4. The maximum absolute atomic E-state index is 3.72. The van der Waals surface area contributed by atoms with Gasteiger partial charge < -0.3 is 6.42 Å². The molecule has 1 aromatic rings. The Kier molecular flexibility index (Phi) is 7.52. The first kappa shape index (κ1) is 16.0. The van der Waals surface area contributed by atoms with Crippen molar-refractivity contribution in [3.63, 3.8) is 0 Å². The number of benzene rings is 1. The minimum Gasteiger partial charge on any atom is -0.308 e. The molecule has 1 heteroatoms. The molecule has 0 amide bonds. The van der Waals surface area contributed by atoms with Crippen molar-refractivity contribution in [3.8, 4) is 0 Å². The minimum absolute atomic E-state index is 0. The Morgan fingerprint density at radius 2 is 1.16 bits per heavy atom. The minimum atomic E-state index is 0. The zero-order valence-electron chi connectivity index (χ0n) is 10.9. The Labute approximate surface area is 135 Å². The summed E-state index contributed by atoms with van der Waals surface area (Å²) in [6.45, 7) is 3.72. The second kappa shape index (κ2) is 8.94. The van der Waals surface area contributed by atoms with Crippen LogP contribution in [0.4, 0.5) is 0 Å². The molecule has 0 atom stereocenters. The van der Waals surface area contributed by atoms with Gasteiger partial charge >= 0.3 is 26.2 Å². The van der Waals surface area contributed by atoms with Crippen LogP contribution in [0.25, 0.3) is 0 Å². The Hall–Kier alpha value is -1.07. The fourth-order valence-corrected chi connectivity index (χ4v) is 1.89. The van der Waals surface area contributed by atoms with Gasteiger partial charge in [-0.2, -0.15) is 24.6 Å². The van der Waals surface area contributed by atoms with Crippen LogP contribution < -0.4 is 0 Å². The molecule has 0 spiro atoms. The van der Waals surface area contributed by atoms with Crippen molar-refractivity contribution < 1.29 is 26.2 Å². The molecular weight excluding hydrogens is 307 g/mol. The summed E-state index contributed by atoms with van der Waals surface area (Å²) >= 11 is 0. The van der Waals surface area contributed by atoms with Gasteiger partial charge in [0, 0.05) is 0 Å². The Bertz CT molecular complexity index is 416. The van der Waals surface area contributed by atoms with E-state index in [-0.39, 0.29) is 26.2 Å². The van der Waals surface area contributed by atoms with Gasteiger partial charge in [-0.3, -0.25) is 0 Å². The molecule has 2 aliphatic carbocycles. The summed E-state index contributed by atoms with van der Waals surface area (Å²) in [5, 5.41) is 0. The summed E-state index contributed by atoms with van der Waals surface area (Å²) in [4.78, 5) is 0. The SMILES string of the molecule is C1=CC([CH-]C2C=CC=C2)C=C1.[CH2-]c1ccccc1.[Zr+2]. The molecule has 0 bridgehead atoms. The maximum Gasteiger partial charge on any atom is 2.00 e. The number of allylic oxidation sites excluding steroid dienone is 8. The molecule has 0 aromatic heterocycles. The van der Waals surface area contributed by atoms with E-state index in [4.69, 9.17) is 0 Å². The van der Waals surface area contributed by atoms with E-state index in [1.807, 2.05) is 30.3 Å². The fraction of sp³-hybridized carbons (Fsp3) is 0.111. The zero-order chi connectivity index (χ0) is 12.6. The summed E-state index contributed by atoms with van der Waals surface area (Å²) in [7, 11) is 0. The molecule has 0 N–H and O–H groups in total. The van der Waals surface area contributed by atoms with Gasteiger partial charge in [0.1, 0.15) is 0 Å². The average Bonchev–Trinajstić information content (AvgIpc) is 3.05. The van der Waals surface area contributed by atoms with Crippen LogP contribution in [0, 0.1) is 25.2 Å². The van der Waals surface area contributed by atoms with Gasteiger partial charge in [-0.1, -0.05) is 30.4 Å². The second-order valence-corrected chi connectivity index (χ2v) is 4.37. The molecule has 0 aliphatic heterocycles. The normalized spacial score (nSPS) is 16.2. The third-order valence-electron chi connectivity index (χ3n) is 2.84. The van der Waals surface area contributed by atoms with Crippen molar-refractivity contribution in [2.75, 3.05) is 0 Å². The van der Waals surface area contributed by atoms with Crippen LogP contribution in [0.3, 0.4) is 0 Å². The van der Waals surface area contributed by atoms with E-state index in [0.29, 0.717) is 11.8 Å². The number of hydrogen-bond donors (Lipinski definition) is 0. The van der Waals surface area contributed by atoms with Crippen molar-refractivity contribution >= 4 is 0 Å². The first-order valence-electron chi connectivity index (χ1n) is 6.26. The molecule has 0 unspecified atom stereocenters. The van der Waals surface area contributed by atoms with E-state index in [9.17, 15) is 0 Å². The standard InChI is InChI=1S/C11H11.C7H7.Zr/c1-2-6-10(5-1)9-11-7-3-4-8-11;1-7-5-3-2-4-6-7;/h1-11H;2-6H,1H2;/q2*-1;+2. The van der Waals surface area contributed by atoms with Crippen LogP contribution in [0.2, 0.25) is 0 Å². The number of rotatable bonds is 2. The van der Waals surface area contributed by atoms with Crippen LogP contribution in [0.1, 0.15) is 5.56 Å². The van der Waals surface area contributed by atoms with Gasteiger partial charge in [-0.15, -0.1) is 48.3 Å². The van der Waals surface area contributed by atoms with E-state index in [2.05, 4.69) is 62.0 Å². The van der Waals surface area contributed by atoms with Crippen LogP contribution in [0.5, 0.6) is 0 Å². The van der Waals surface area contributed by atoms with E-state index in [1.54, 1.807) is 0 Å². The Morgan fingerprint density at radius 1 is 0.737 bits per heavy atom. The van der Waals surface area contributed by atoms with Crippen molar-refractivity contribution in [2.24, 2.45) is 11.8 Å². The predicted octanol–water partition coefficient (Wildman–Crippen LogP) is 4.54. The van der Waals surface area contributed by atoms with Crippen LogP contribution >= 0.6 is 0 Å². The van der Waals surface area contributed by atoms with Crippen molar-refractivity contribution in [2.45, 2.75) is 0 Å². The van der Waals surface area contributed by atoms with E-state index >= 15 is 0 Å². The van der Waals surface area contributed by atoms with Gasteiger partial charge in [-0.05, 0) is 0 Å². The molecule has 3 rings (SSSR count). The molecule has 0 nitrogen and oxygen atoms in total. The predicted molar refractivity (Wildman–Crippen MR) is 78.7 cm³/mol. The summed E-state index contributed by atoms with van der Waals surface area (Å²) in [6, 6.07) is 9.87. The van der Waals surface area contributed by atoms with E-state index < -0.39 is 0 Å². The van der Waals surface area contributed by atoms with Crippen LogP contribution in [0.15, 0.2) is 78.9 Å². The maximum atomic E-state index is 3.72. The second-order valence-electron chi connectivity index (χ2n) is 4.37. The van der Waals surface area contributed by atoms with Gasteiger partial charge in [0.15, 0.2) is 0 Å². The Morgan fingerprint density at radius 3 is 1.47 bits per heavy atom. The van der Waals surface area contributed by atoms with Gasteiger partial charge in [0.2, 0.25) is 0 Å². The first-order valence-corrected chi connectivity index (χ1v) is 6.26. The summed E-state index contributed by atoms with van der Waals surface area (Å²) in [5.74, 6) is 1.10. The smallest absolute Gasteiger partial charge is 0.308 e. The molecule has 0 radical (unpaired) electrons. The average molecular weight is 326 g/mol. The molecule has 0 saturated heterocycles. The molecule has 2 aliphatic rings. The van der Waals surface area contributed by atoms with Crippen LogP contribution in [-0.2, 0) is 26.2 Å². The topological polar surface area (TPSA) is 0 Å². The molecule has 0 heterocycles. The molecule has 19 heavy (non-hydrogen) atoms. The largest absolute Gasteiger partial charge is 2.00 e. The number of hydrogen-bond acceptors (Lipinski definition) is 0. The molecule has 1 aromatic carbocycles. The van der Waals surface area contributed by atoms with Crippen LogP contribution in [-0.4, -0.2) is 0 Å². The molecule has 0 saturated carbocycles. The van der Waals surface area contributed by atoms with Crippen molar-refractivity contribution in [1.82, 2.24) is 0 Å². The van der Waals surface area contributed by atoms with Crippen molar-refractivity contribution in [1.29, 1.82) is 0 Å². The van der Waals surface area contributed by atoms with E-state index in [0.717, 1.165) is 5.56 Å². The van der Waals surface area contributed by atoms with E-state index in [1.165, 1.54) is 0 Å². The van der Waals surface area contributed by atoms with Crippen molar-refractivity contribution in [3.05, 3.63) is 97.8 Å². The summed E-state index contributed by atoms with van der Waals surface area (Å²) in [5.41, 5.74) is 1.07. The molecule has 0 fully saturated rings. The van der Waals surface area contributed by atoms with Gasteiger partial charge in [0.05, 0.1) is 0 Å². The van der Waals surface area contributed by atoms with Gasteiger partial charge in [-0.25, -0.2) is 0 Å². The fourth-order valence-electron chi connectivity index (χ4n) is 1.89.